The number of hydrogen-bond acceptors (Lipinski definition) is 4. The summed E-state index contributed by atoms with van der Waals surface area (Å²) in [6, 6.07) is 9.39. The van der Waals surface area contributed by atoms with Gasteiger partial charge >= 0.3 is 0 Å². The number of para-hydroxylation sites is 1. The van der Waals surface area contributed by atoms with Crippen LogP contribution in [0.25, 0.3) is 5.69 Å². The van der Waals surface area contributed by atoms with E-state index in [0.29, 0.717) is 11.4 Å². The van der Waals surface area contributed by atoms with Gasteiger partial charge in [-0.25, -0.2) is 4.68 Å². The van der Waals surface area contributed by atoms with Crippen LogP contribution in [0.2, 0.25) is 0 Å². The fourth-order valence-electron chi connectivity index (χ4n) is 2.30. The van der Waals surface area contributed by atoms with Gasteiger partial charge in [0.25, 0.3) is 5.56 Å². The van der Waals surface area contributed by atoms with Crippen LogP contribution in [-0.4, -0.2) is 52.3 Å². The van der Waals surface area contributed by atoms with Crippen LogP contribution in [0.5, 0.6) is 0 Å². The lowest BCUT2D eigenvalue weighted by molar-refractivity contribution is -0.113. The second-order valence-corrected chi connectivity index (χ2v) is 6.95. The molecule has 0 saturated heterocycles. The van der Waals surface area contributed by atoms with Gasteiger partial charge in [0.05, 0.1) is 17.1 Å². The van der Waals surface area contributed by atoms with Crippen molar-refractivity contribution in [2.24, 2.45) is 7.05 Å². The lowest BCUT2D eigenvalue weighted by atomic mass is 10.3. The third kappa shape index (κ3) is 4.30. The molecule has 1 heterocycles. The van der Waals surface area contributed by atoms with Crippen molar-refractivity contribution in [2.75, 3.05) is 37.5 Å². The van der Waals surface area contributed by atoms with Crippen molar-refractivity contribution in [1.29, 1.82) is 0 Å². The summed E-state index contributed by atoms with van der Waals surface area (Å²) in [7, 11) is 5.81. The Balaban J connectivity index is 2.12. The van der Waals surface area contributed by atoms with Gasteiger partial charge in [-0.3, -0.25) is 14.3 Å². The van der Waals surface area contributed by atoms with Crippen LogP contribution in [0, 0.1) is 6.92 Å². The fraction of sp³-hybridized carbons (Fsp3) is 0.412. The number of hydrogen-bond donors (Lipinski definition) is 1. The molecule has 1 aromatic heterocycles. The molecule has 6 nitrogen and oxygen atoms in total. The van der Waals surface area contributed by atoms with E-state index >= 15 is 0 Å². The van der Waals surface area contributed by atoms with Crippen molar-refractivity contribution >= 4 is 23.4 Å². The Kier molecular flexibility index (Phi) is 6.28. The van der Waals surface area contributed by atoms with Gasteiger partial charge in [-0.15, -0.1) is 0 Å². The summed E-state index contributed by atoms with van der Waals surface area (Å²) in [5.74, 6) is 1.07. The van der Waals surface area contributed by atoms with Gasteiger partial charge in [0.15, 0.2) is 0 Å². The smallest absolute Gasteiger partial charge is 0.295 e. The first-order valence-electron chi connectivity index (χ1n) is 7.78. The summed E-state index contributed by atoms with van der Waals surface area (Å²) >= 11 is 1.56. The third-order valence-corrected chi connectivity index (χ3v) is 4.67. The average molecular weight is 348 g/mol. The van der Waals surface area contributed by atoms with Crippen molar-refractivity contribution in [3.8, 4) is 5.69 Å². The molecule has 2 rings (SSSR count). The summed E-state index contributed by atoms with van der Waals surface area (Å²) in [5, 5.41) is 2.77. The number of thioether (sulfide) groups is 1. The van der Waals surface area contributed by atoms with E-state index in [-0.39, 0.29) is 11.5 Å². The largest absolute Gasteiger partial charge is 0.319 e. The Labute approximate surface area is 146 Å². The topological polar surface area (TPSA) is 59.3 Å². The third-order valence-electron chi connectivity index (χ3n) is 3.73. The second kappa shape index (κ2) is 8.21. The van der Waals surface area contributed by atoms with Crippen LogP contribution >= 0.6 is 11.8 Å². The molecular weight excluding hydrogens is 324 g/mol. The lowest BCUT2D eigenvalue weighted by Crippen LogP contribution is -2.24. The zero-order valence-electron chi connectivity index (χ0n) is 14.6. The Hall–Kier alpha value is -1.99. The van der Waals surface area contributed by atoms with E-state index in [0.717, 1.165) is 23.7 Å². The number of carbonyl (C=O) groups is 1. The Bertz CT molecular complexity index is 750. The molecule has 0 aliphatic heterocycles. The lowest BCUT2D eigenvalue weighted by Gasteiger charge is -2.08. The zero-order chi connectivity index (χ0) is 17.7. The molecule has 0 aliphatic rings. The predicted octanol–water partition coefficient (Wildman–Crippen LogP) is 1.72. The summed E-state index contributed by atoms with van der Waals surface area (Å²) in [5.41, 5.74) is 1.64. The molecule has 0 saturated carbocycles. The summed E-state index contributed by atoms with van der Waals surface area (Å²) in [6.07, 6.45) is 0. The number of anilines is 1. The van der Waals surface area contributed by atoms with Gasteiger partial charge in [0.1, 0.15) is 5.69 Å². The molecule has 0 atom stereocenters. The molecule has 0 unspecified atom stereocenters. The summed E-state index contributed by atoms with van der Waals surface area (Å²) < 4.78 is 3.32. The quantitative estimate of drug-likeness (QED) is 0.774. The summed E-state index contributed by atoms with van der Waals surface area (Å²) in [4.78, 5) is 26.9. The van der Waals surface area contributed by atoms with Crippen molar-refractivity contribution in [2.45, 2.75) is 6.92 Å². The highest BCUT2D eigenvalue weighted by Crippen LogP contribution is 2.14. The van der Waals surface area contributed by atoms with Gasteiger partial charge in [-0.05, 0) is 33.2 Å². The Morgan fingerprint density at radius 2 is 1.92 bits per heavy atom. The van der Waals surface area contributed by atoms with E-state index < -0.39 is 0 Å². The Morgan fingerprint density at radius 1 is 1.25 bits per heavy atom. The van der Waals surface area contributed by atoms with Gasteiger partial charge in [-0.1, -0.05) is 18.2 Å². The molecule has 1 aromatic carbocycles. The van der Waals surface area contributed by atoms with Gasteiger partial charge in [0.2, 0.25) is 5.91 Å². The van der Waals surface area contributed by atoms with Gasteiger partial charge < -0.3 is 10.2 Å². The molecule has 7 heteroatoms. The van der Waals surface area contributed by atoms with Crippen molar-refractivity contribution in [3.05, 3.63) is 46.4 Å². The number of benzene rings is 1. The first-order chi connectivity index (χ1) is 11.4. The van der Waals surface area contributed by atoms with E-state index in [9.17, 15) is 9.59 Å². The fourth-order valence-corrected chi connectivity index (χ4v) is 3.20. The van der Waals surface area contributed by atoms with Crippen molar-refractivity contribution in [3.63, 3.8) is 0 Å². The van der Waals surface area contributed by atoms with Gasteiger partial charge in [-0.2, -0.15) is 11.8 Å². The SMILES string of the molecule is Cc1c(NC(=O)CSCCN(C)C)c(=O)n(-c2ccccc2)n1C. The first-order valence-corrected chi connectivity index (χ1v) is 8.93. The highest BCUT2D eigenvalue weighted by Gasteiger charge is 2.17. The minimum atomic E-state index is -0.215. The standard InChI is InChI=1S/C17H24N4O2S/c1-13-16(18-15(22)12-24-11-10-19(2)3)17(23)21(20(13)4)14-8-6-5-7-9-14/h5-9H,10-12H2,1-4H3,(H,18,22). The molecule has 1 amide bonds. The van der Waals surface area contributed by atoms with E-state index in [1.165, 1.54) is 0 Å². The van der Waals surface area contributed by atoms with Crippen LogP contribution in [0.1, 0.15) is 5.69 Å². The average Bonchev–Trinajstić information content (AvgIpc) is 2.76. The number of carbonyl (C=O) groups excluding carboxylic acids is 1. The number of nitrogens with zero attached hydrogens (tertiary/aromatic N) is 3. The molecule has 0 spiro atoms. The highest BCUT2D eigenvalue weighted by molar-refractivity contribution is 7.99. The number of amides is 1. The molecule has 0 radical (unpaired) electrons. The maximum Gasteiger partial charge on any atom is 0.295 e. The minimum absolute atomic E-state index is 0.148. The monoisotopic (exact) mass is 348 g/mol. The van der Waals surface area contributed by atoms with Crippen molar-refractivity contribution < 1.29 is 4.79 Å². The molecule has 0 aliphatic carbocycles. The predicted molar refractivity (Wildman–Crippen MR) is 100 cm³/mol. The minimum Gasteiger partial charge on any atom is -0.319 e. The highest BCUT2D eigenvalue weighted by atomic mass is 32.2. The second-order valence-electron chi connectivity index (χ2n) is 5.84. The van der Waals surface area contributed by atoms with Crippen LogP contribution in [-0.2, 0) is 11.8 Å². The van der Waals surface area contributed by atoms with Crippen molar-refractivity contribution in [1.82, 2.24) is 14.3 Å². The van der Waals surface area contributed by atoms with Gasteiger partial charge in [0, 0.05) is 19.3 Å². The Morgan fingerprint density at radius 3 is 2.54 bits per heavy atom. The number of rotatable bonds is 7. The first kappa shape index (κ1) is 18.4. The van der Waals surface area contributed by atoms with Crippen LogP contribution in [0.15, 0.2) is 35.1 Å². The molecular formula is C17H24N4O2S. The molecule has 2 aromatic rings. The molecule has 130 valence electrons. The van der Waals surface area contributed by atoms with E-state index in [1.54, 1.807) is 21.1 Å². The maximum absolute atomic E-state index is 12.7. The number of nitrogens with one attached hydrogen (secondary N) is 1. The van der Waals surface area contributed by atoms with E-state index in [1.807, 2.05) is 58.4 Å². The van der Waals surface area contributed by atoms with Crippen LogP contribution in [0.4, 0.5) is 5.69 Å². The zero-order valence-corrected chi connectivity index (χ0v) is 15.4. The molecule has 24 heavy (non-hydrogen) atoms. The molecule has 0 fully saturated rings. The summed E-state index contributed by atoms with van der Waals surface area (Å²) in [6.45, 7) is 2.75. The maximum atomic E-state index is 12.7. The van der Waals surface area contributed by atoms with E-state index in [2.05, 4.69) is 10.2 Å². The van der Waals surface area contributed by atoms with Crippen LogP contribution < -0.4 is 10.9 Å². The molecule has 0 bridgehead atoms. The van der Waals surface area contributed by atoms with Crippen LogP contribution in [0.3, 0.4) is 0 Å². The number of aromatic nitrogens is 2. The molecule has 1 N–H and O–H groups in total. The normalized spacial score (nSPS) is 11.0. The van der Waals surface area contributed by atoms with E-state index in [4.69, 9.17) is 0 Å².